The maximum absolute atomic E-state index is 13.8. The highest BCUT2D eigenvalue weighted by Crippen LogP contribution is 2.32. The Morgan fingerprint density at radius 1 is 0.842 bits per heavy atom. The van der Waals surface area contributed by atoms with Crippen LogP contribution in [-0.2, 0) is 14.8 Å². The van der Waals surface area contributed by atoms with E-state index in [1.807, 2.05) is 19.9 Å². The molecule has 0 heterocycles. The highest BCUT2D eigenvalue weighted by atomic mass is 32.2. The smallest absolute Gasteiger partial charge is 0.264 e. The number of sulfonamides is 1. The third kappa shape index (κ3) is 6.54. The minimum Gasteiger partial charge on any atom is -0.497 e. The molecule has 10 nitrogen and oxygen atoms in total. The molecule has 1 amide bonds. The highest BCUT2D eigenvalue weighted by molar-refractivity contribution is 7.92. The fourth-order valence-corrected chi connectivity index (χ4v) is 5.20. The van der Waals surface area contributed by atoms with Crippen molar-refractivity contribution in [1.82, 2.24) is 5.43 Å². The number of hydrazone groups is 1. The van der Waals surface area contributed by atoms with Gasteiger partial charge in [-0.1, -0.05) is 6.07 Å². The van der Waals surface area contributed by atoms with E-state index in [1.165, 1.54) is 45.7 Å². The predicted octanol–water partition coefficient (Wildman–Crippen LogP) is 3.68. The largest absolute Gasteiger partial charge is 0.497 e. The third-order valence-corrected chi connectivity index (χ3v) is 7.33. The highest BCUT2D eigenvalue weighted by Gasteiger charge is 2.28. The zero-order valence-electron chi connectivity index (χ0n) is 22.1. The van der Waals surface area contributed by atoms with Gasteiger partial charge in [0.1, 0.15) is 18.0 Å². The molecule has 0 bridgehead atoms. The van der Waals surface area contributed by atoms with Gasteiger partial charge in [0.25, 0.3) is 15.9 Å². The summed E-state index contributed by atoms with van der Waals surface area (Å²) in [6.45, 7) is 3.19. The first-order valence-electron chi connectivity index (χ1n) is 11.5. The molecular weight excluding hydrogens is 510 g/mol. The molecule has 0 unspecified atom stereocenters. The van der Waals surface area contributed by atoms with Gasteiger partial charge in [-0.3, -0.25) is 9.10 Å². The quantitative estimate of drug-likeness (QED) is 0.291. The number of methoxy groups -OCH3 is 4. The number of rotatable bonds is 11. The van der Waals surface area contributed by atoms with Crippen molar-refractivity contribution in [3.63, 3.8) is 0 Å². The molecule has 202 valence electrons. The van der Waals surface area contributed by atoms with Gasteiger partial charge in [0.2, 0.25) is 0 Å². The Kier molecular flexibility index (Phi) is 9.19. The molecular formula is C27H31N3O7S. The molecule has 0 saturated heterocycles. The molecule has 0 atom stereocenters. The summed E-state index contributed by atoms with van der Waals surface area (Å²) in [7, 11) is 1.74. The van der Waals surface area contributed by atoms with E-state index in [9.17, 15) is 13.2 Å². The second-order valence-corrected chi connectivity index (χ2v) is 10.1. The molecule has 38 heavy (non-hydrogen) atoms. The summed E-state index contributed by atoms with van der Waals surface area (Å²) < 4.78 is 49.6. The molecule has 0 aliphatic rings. The van der Waals surface area contributed by atoms with Gasteiger partial charge in [-0.15, -0.1) is 0 Å². The number of amides is 1. The summed E-state index contributed by atoms with van der Waals surface area (Å²) in [4.78, 5) is 12.9. The van der Waals surface area contributed by atoms with Gasteiger partial charge < -0.3 is 18.9 Å². The molecule has 1 N–H and O–H groups in total. The SMILES string of the molecule is COc1ccc(C=NNC(=O)CN(c2cc(C)cc(C)c2)S(=O)(=O)c2ccc(OC)c(OC)c2)c(OC)c1. The number of carbonyl (C=O) groups is 1. The molecule has 11 heteroatoms. The minimum atomic E-state index is -4.18. The van der Waals surface area contributed by atoms with Crippen LogP contribution >= 0.6 is 0 Å². The summed E-state index contributed by atoms with van der Waals surface area (Å²) in [6, 6.07) is 14.7. The van der Waals surface area contributed by atoms with Crippen LogP contribution in [0, 0.1) is 13.8 Å². The van der Waals surface area contributed by atoms with E-state index in [2.05, 4.69) is 10.5 Å². The number of hydrogen-bond acceptors (Lipinski definition) is 8. The number of hydrogen-bond donors (Lipinski definition) is 1. The van der Waals surface area contributed by atoms with E-state index >= 15 is 0 Å². The van der Waals surface area contributed by atoms with Crippen LogP contribution in [0.2, 0.25) is 0 Å². The van der Waals surface area contributed by atoms with E-state index in [4.69, 9.17) is 18.9 Å². The number of carbonyl (C=O) groups excluding carboxylic acids is 1. The Morgan fingerprint density at radius 2 is 1.50 bits per heavy atom. The fraction of sp³-hybridized carbons (Fsp3) is 0.259. The predicted molar refractivity (Wildman–Crippen MR) is 145 cm³/mol. The van der Waals surface area contributed by atoms with Gasteiger partial charge in [-0.25, -0.2) is 13.8 Å². The van der Waals surface area contributed by atoms with Gasteiger partial charge in [-0.2, -0.15) is 5.10 Å². The standard InChI is InChI=1S/C27H31N3O7S/c1-18-11-19(2)13-21(12-18)30(38(32,33)23-9-10-24(35-4)26(15-23)37-6)17-27(31)29-28-16-20-7-8-22(34-3)14-25(20)36-5/h7-16H,17H2,1-6H3,(H,29,31). The lowest BCUT2D eigenvalue weighted by Gasteiger charge is -2.25. The Labute approximate surface area is 222 Å². The van der Waals surface area contributed by atoms with Crippen molar-refractivity contribution < 1.29 is 32.2 Å². The molecule has 0 aliphatic heterocycles. The number of aryl methyl sites for hydroxylation is 2. The topological polar surface area (TPSA) is 116 Å². The average Bonchev–Trinajstić information content (AvgIpc) is 2.90. The first-order chi connectivity index (χ1) is 18.1. The summed E-state index contributed by atoms with van der Waals surface area (Å²) in [5.41, 5.74) is 5.02. The second-order valence-electron chi connectivity index (χ2n) is 8.28. The molecule has 0 spiro atoms. The monoisotopic (exact) mass is 541 g/mol. The van der Waals surface area contributed by atoms with Crippen molar-refractivity contribution in [2.45, 2.75) is 18.7 Å². The van der Waals surface area contributed by atoms with Crippen molar-refractivity contribution >= 4 is 27.8 Å². The number of anilines is 1. The summed E-state index contributed by atoms with van der Waals surface area (Å²) >= 11 is 0. The molecule has 0 saturated carbocycles. The Morgan fingerprint density at radius 3 is 2.11 bits per heavy atom. The zero-order valence-corrected chi connectivity index (χ0v) is 23.0. The molecule has 3 aromatic rings. The molecule has 0 aliphatic carbocycles. The van der Waals surface area contributed by atoms with Gasteiger partial charge in [-0.05, 0) is 61.4 Å². The van der Waals surface area contributed by atoms with Crippen molar-refractivity contribution in [3.8, 4) is 23.0 Å². The Balaban J connectivity index is 1.92. The first-order valence-corrected chi connectivity index (χ1v) is 12.9. The normalized spacial score (nSPS) is 11.2. The van der Waals surface area contributed by atoms with E-state index in [0.717, 1.165) is 15.4 Å². The second kappa shape index (κ2) is 12.3. The lowest BCUT2D eigenvalue weighted by molar-refractivity contribution is -0.119. The van der Waals surface area contributed by atoms with Crippen LogP contribution in [0.15, 0.2) is 64.6 Å². The van der Waals surface area contributed by atoms with E-state index in [0.29, 0.717) is 28.5 Å². The van der Waals surface area contributed by atoms with E-state index < -0.39 is 22.5 Å². The first kappa shape index (κ1) is 28.3. The number of nitrogens with one attached hydrogen (secondary N) is 1. The molecule has 0 radical (unpaired) electrons. The van der Waals surface area contributed by atoms with Crippen molar-refractivity contribution in [1.29, 1.82) is 0 Å². The van der Waals surface area contributed by atoms with Gasteiger partial charge in [0, 0.05) is 17.7 Å². The van der Waals surface area contributed by atoms with Crippen LogP contribution in [0.4, 0.5) is 5.69 Å². The van der Waals surface area contributed by atoms with Gasteiger partial charge in [0.15, 0.2) is 11.5 Å². The van der Waals surface area contributed by atoms with Gasteiger partial charge >= 0.3 is 0 Å². The van der Waals surface area contributed by atoms with Crippen molar-refractivity contribution in [2.24, 2.45) is 5.10 Å². The van der Waals surface area contributed by atoms with Crippen LogP contribution in [0.25, 0.3) is 0 Å². The Bertz CT molecular complexity index is 1420. The lowest BCUT2D eigenvalue weighted by Crippen LogP contribution is -2.39. The minimum absolute atomic E-state index is 0.0615. The van der Waals surface area contributed by atoms with Crippen molar-refractivity contribution in [3.05, 3.63) is 71.3 Å². The molecule has 3 rings (SSSR count). The van der Waals surface area contributed by atoms with Crippen molar-refractivity contribution in [2.75, 3.05) is 39.3 Å². The number of benzene rings is 3. The molecule has 0 aromatic heterocycles. The summed E-state index contributed by atoms with van der Waals surface area (Å²) in [5, 5.41) is 3.99. The van der Waals surface area contributed by atoms with E-state index in [-0.39, 0.29) is 10.6 Å². The molecule has 3 aromatic carbocycles. The van der Waals surface area contributed by atoms with Crippen LogP contribution in [0.3, 0.4) is 0 Å². The number of ether oxygens (including phenoxy) is 4. The zero-order chi connectivity index (χ0) is 27.9. The third-order valence-electron chi connectivity index (χ3n) is 5.56. The average molecular weight is 542 g/mol. The maximum Gasteiger partial charge on any atom is 0.264 e. The van der Waals surface area contributed by atoms with Gasteiger partial charge in [0.05, 0.1) is 45.2 Å². The Hall–Kier alpha value is -4.25. The lowest BCUT2D eigenvalue weighted by atomic mass is 10.1. The molecule has 0 fully saturated rings. The summed E-state index contributed by atoms with van der Waals surface area (Å²) in [6.07, 6.45) is 1.40. The van der Waals surface area contributed by atoms with Crippen LogP contribution < -0.4 is 28.7 Å². The van der Waals surface area contributed by atoms with Crippen LogP contribution in [0.1, 0.15) is 16.7 Å². The van der Waals surface area contributed by atoms with Crippen LogP contribution in [0.5, 0.6) is 23.0 Å². The van der Waals surface area contributed by atoms with E-state index in [1.54, 1.807) is 37.4 Å². The number of nitrogens with zero attached hydrogens (tertiary/aromatic N) is 2. The van der Waals surface area contributed by atoms with Crippen LogP contribution in [-0.4, -0.2) is 55.5 Å². The maximum atomic E-state index is 13.8. The fourth-order valence-electron chi connectivity index (χ4n) is 3.78. The summed E-state index contributed by atoms with van der Waals surface area (Å²) in [5.74, 6) is 1.08.